The van der Waals surface area contributed by atoms with E-state index in [4.69, 9.17) is 0 Å². The van der Waals surface area contributed by atoms with Gasteiger partial charge in [0.2, 0.25) is 0 Å². The fourth-order valence-corrected chi connectivity index (χ4v) is 1.75. The van der Waals surface area contributed by atoms with Crippen LogP contribution >= 0.6 is 0 Å². The monoisotopic (exact) mass is 219 g/mol. The Labute approximate surface area is 92.9 Å². The molecule has 2 N–H and O–H groups in total. The molecule has 0 aliphatic heterocycles. The molecule has 4 heteroatoms. The molecule has 16 heavy (non-hydrogen) atoms. The Morgan fingerprint density at radius 1 is 1.50 bits per heavy atom. The van der Waals surface area contributed by atoms with Crippen LogP contribution in [0.25, 0.3) is 10.9 Å². The maximum atomic E-state index is 11.1. The van der Waals surface area contributed by atoms with E-state index in [-0.39, 0.29) is 6.42 Å². The lowest BCUT2D eigenvalue weighted by Crippen LogP contribution is -2.24. The topological polar surface area (TPSA) is 62.3 Å². The summed E-state index contributed by atoms with van der Waals surface area (Å²) in [5, 5.41) is 10.6. The minimum Gasteiger partial charge on any atom is -0.467 e. The van der Waals surface area contributed by atoms with Gasteiger partial charge in [0.1, 0.15) is 0 Å². The molecule has 1 heterocycles. The van der Waals surface area contributed by atoms with Crippen molar-refractivity contribution in [1.82, 2.24) is 4.98 Å². The first kappa shape index (κ1) is 10.7. The molecule has 2 rings (SSSR count). The average molecular weight is 219 g/mol. The van der Waals surface area contributed by atoms with E-state index >= 15 is 0 Å². The molecule has 4 nitrogen and oxygen atoms in total. The molecule has 0 saturated heterocycles. The number of ether oxygens (including phenoxy) is 1. The summed E-state index contributed by atoms with van der Waals surface area (Å²) in [7, 11) is 1.26. The second-order valence-corrected chi connectivity index (χ2v) is 3.60. The predicted molar refractivity (Wildman–Crippen MR) is 60.0 cm³/mol. The largest absolute Gasteiger partial charge is 0.467 e. The molecule has 1 atom stereocenters. The van der Waals surface area contributed by atoms with Gasteiger partial charge in [-0.2, -0.15) is 0 Å². The highest BCUT2D eigenvalue weighted by Gasteiger charge is 2.17. The molecule has 0 bridgehead atoms. The van der Waals surface area contributed by atoms with Gasteiger partial charge < -0.3 is 14.8 Å². The summed E-state index contributed by atoms with van der Waals surface area (Å²) in [6, 6.07) is 7.70. The number of fused-ring (bicyclic) bond motifs is 1. The van der Waals surface area contributed by atoms with Crippen molar-refractivity contribution < 1.29 is 14.6 Å². The van der Waals surface area contributed by atoms with Gasteiger partial charge in [-0.1, -0.05) is 18.2 Å². The van der Waals surface area contributed by atoms with Crippen molar-refractivity contribution in [3.8, 4) is 0 Å². The molecule has 84 valence electrons. The SMILES string of the molecule is COC(=O)C(O)Cc1cccc2cc[nH]c12. The van der Waals surface area contributed by atoms with E-state index in [2.05, 4.69) is 9.72 Å². The summed E-state index contributed by atoms with van der Waals surface area (Å²) >= 11 is 0. The molecule has 0 fully saturated rings. The lowest BCUT2D eigenvalue weighted by Gasteiger charge is -2.08. The van der Waals surface area contributed by atoms with Crippen LogP contribution in [0.4, 0.5) is 0 Å². The number of hydrogen-bond acceptors (Lipinski definition) is 3. The van der Waals surface area contributed by atoms with Gasteiger partial charge in [-0.25, -0.2) is 4.79 Å². The van der Waals surface area contributed by atoms with Crippen LogP contribution in [0.15, 0.2) is 30.5 Å². The van der Waals surface area contributed by atoms with Gasteiger partial charge in [0.15, 0.2) is 6.10 Å². The van der Waals surface area contributed by atoms with Crippen LogP contribution in [0.5, 0.6) is 0 Å². The summed E-state index contributed by atoms with van der Waals surface area (Å²) in [5.41, 5.74) is 1.85. The number of aliphatic hydroxyl groups excluding tert-OH is 1. The van der Waals surface area contributed by atoms with E-state index < -0.39 is 12.1 Å². The highest BCUT2D eigenvalue weighted by atomic mass is 16.5. The normalized spacial score (nSPS) is 12.6. The van der Waals surface area contributed by atoms with E-state index in [9.17, 15) is 9.90 Å². The standard InChI is InChI=1S/C12H13NO3/c1-16-12(15)10(14)7-9-4-2-3-8-5-6-13-11(8)9/h2-6,10,13-14H,7H2,1H3. The van der Waals surface area contributed by atoms with Gasteiger partial charge in [0.05, 0.1) is 7.11 Å². The number of esters is 1. The number of aliphatic hydroxyl groups is 1. The van der Waals surface area contributed by atoms with Crippen molar-refractivity contribution in [2.24, 2.45) is 0 Å². The molecular weight excluding hydrogens is 206 g/mol. The first-order valence-corrected chi connectivity index (χ1v) is 5.03. The fourth-order valence-electron chi connectivity index (χ4n) is 1.75. The number of H-pyrrole nitrogens is 1. The Kier molecular flexibility index (Phi) is 2.92. The van der Waals surface area contributed by atoms with E-state index in [0.29, 0.717) is 0 Å². The molecule has 0 aliphatic rings. The van der Waals surface area contributed by atoms with Crippen molar-refractivity contribution in [3.05, 3.63) is 36.0 Å². The highest BCUT2D eigenvalue weighted by molar-refractivity contribution is 5.83. The quantitative estimate of drug-likeness (QED) is 0.763. The van der Waals surface area contributed by atoms with Crippen molar-refractivity contribution in [3.63, 3.8) is 0 Å². The third kappa shape index (κ3) is 1.92. The van der Waals surface area contributed by atoms with Crippen LogP contribution in [-0.4, -0.2) is 29.3 Å². The summed E-state index contributed by atoms with van der Waals surface area (Å²) < 4.78 is 4.48. The number of nitrogens with one attached hydrogen (secondary N) is 1. The molecule has 0 amide bonds. The van der Waals surface area contributed by atoms with Gasteiger partial charge >= 0.3 is 5.97 Å². The lowest BCUT2D eigenvalue weighted by atomic mass is 10.1. The van der Waals surface area contributed by atoms with Crippen LogP contribution in [0.1, 0.15) is 5.56 Å². The maximum Gasteiger partial charge on any atom is 0.335 e. The first-order valence-electron chi connectivity index (χ1n) is 5.03. The molecule has 1 aromatic carbocycles. The number of benzene rings is 1. The van der Waals surface area contributed by atoms with Crippen molar-refractivity contribution in [2.75, 3.05) is 7.11 Å². The third-order valence-corrected chi connectivity index (χ3v) is 2.56. The van der Waals surface area contributed by atoms with Crippen molar-refractivity contribution in [1.29, 1.82) is 0 Å². The number of para-hydroxylation sites is 1. The first-order chi connectivity index (χ1) is 7.72. The molecule has 0 radical (unpaired) electrons. The molecule has 0 aliphatic carbocycles. The van der Waals surface area contributed by atoms with Gasteiger partial charge in [0.25, 0.3) is 0 Å². The highest BCUT2D eigenvalue weighted by Crippen LogP contribution is 2.18. The number of aromatic nitrogens is 1. The number of carbonyl (C=O) groups is 1. The molecular formula is C12H13NO3. The van der Waals surface area contributed by atoms with E-state index in [1.807, 2.05) is 30.5 Å². The minimum atomic E-state index is -1.11. The molecule has 1 unspecified atom stereocenters. The Balaban J connectivity index is 2.27. The van der Waals surface area contributed by atoms with E-state index in [1.165, 1.54) is 7.11 Å². The number of methoxy groups -OCH3 is 1. The Bertz CT molecular complexity index is 504. The Morgan fingerprint density at radius 3 is 3.06 bits per heavy atom. The molecule has 2 aromatic rings. The van der Waals surface area contributed by atoms with Crippen LogP contribution in [-0.2, 0) is 16.0 Å². The smallest absolute Gasteiger partial charge is 0.335 e. The Morgan fingerprint density at radius 2 is 2.31 bits per heavy atom. The van der Waals surface area contributed by atoms with E-state index in [1.54, 1.807) is 0 Å². The zero-order valence-corrected chi connectivity index (χ0v) is 8.93. The number of aromatic amines is 1. The Hall–Kier alpha value is -1.81. The fraction of sp³-hybridized carbons (Fsp3) is 0.250. The van der Waals surface area contributed by atoms with Crippen LogP contribution < -0.4 is 0 Å². The second kappa shape index (κ2) is 4.37. The van der Waals surface area contributed by atoms with Gasteiger partial charge in [-0.15, -0.1) is 0 Å². The number of rotatable bonds is 3. The molecule has 0 spiro atoms. The summed E-state index contributed by atoms with van der Waals surface area (Å²) in [6.07, 6.45) is 0.974. The second-order valence-electron chi connectivity index (χ2n) is 3.60. The van der Waals surface area contributed by atoms with E-state index in [0.717, 1.165) is 16.5 Å². The summed E-state index contributed by atoms with van der Waals surface area (Å²) in [4.78, 5) is 14.2. The van der Waals surface area contributed by atoms with Gasteiger partial charge in [-0.05, 0) is 17.0 Å². The molecule has 0 saturated carbocycles. The zero-order valence-electron chi connectivity index (χ0n) is 8.93. The summed E-state index contributed by atoms with van der Waals surface area (Å²) in [6.45, 7) is 0. The minimum absolute atomic E-state index is 0.254. The van der Waals surface area contributed by atoms with Crippen molar-refractivity contribution >= 4 is 16.9 Å². The molecule has 1 aromatic heterocycles. The van der Waals surface area contributed by atoms with Crippen LogP contribution in [0, 0.1) is 0 Å². The summed E-state index contributed by atoms with van der Waals surface area (Å²) in [5.74, 6) is -0.608. The van der Waals surface area contributed by atoms with Gasteiger partial charge in [-0.3, -0.25) is 0 Å². The zero-order chi connectivity index (χ0) is 11.5. The maximum absolute atomic E-state index is 11.1. The van der Waals surface area contributed by atoms with Crippen molar-refractivity contribution in [2.45, 2.75) is 12.5 Å². The predicted octanol–water partition coefficient (Wildman–Crippen LogP) is 1.24. The third-order valence-electron chi connectivity index (χ3n) is 2.56. The van der Waals surface area contributed by atoms with Crippen LogP contribution in [0.2, 0.25) is 0 Å². The number of hydrogen-bond donors (Lipinski definition) is 2. The average Bonchev–Trinajstić information content (AvgIpc) is 2.77. The lowest BCUT2D eigenvalue weighted by molar-refractivity contribution is -0.150. The van der Waals surface area contributed by atoms with Gasteiger partial charge in [0, 0.05) is 18.1 Å². The number of carbonyl (C=O) groups excluding carboxylic acids is 1. The van der Waals surface area contributed by atoms with Crippen LogP contribution in [0.3, 0.4) is 0 Å².